The minimum absolute atomic E-state index is 0.412. The van der Waals surface area contributed by atoms with E-state index in [1.807, 2.05) is 13.0 Å². The van der Waals surface area contributed by atoms with Crippen LogP contribution >= 0.6 is 0 Å². The summed E-state index contributed by atoms with van der Waals surface area (Å²) in [5.74, 6) is 1.55. The molecule has 0 saturated heterocycles. The van der Waals surface area contributed by atoms with Gasteiger partial charge in [0.05, 0.1) is 6.61 Å². The maximum absolute atomic E-state index is 5.55. The summed E-state index contributed by atoms with van der Waals surface area (Å²) in [7, 11) is 0. The highest BCUT2D eigenvalue weighted by Crippen LogP contribution is 2.25. The molecular weight excluding hydrogens is 210 g/mol. The second-order valence-corrected chi connectivity index (χ2v) is 4.68. The number of hydrogen-bond acceptors (Lipinski definition) is 2. The molecule has 0 fully saturated rings. The molecule has 0 aliphatic carbocycles. The molecule has 1 aromatic carbocycles. The fourth-order valence-corrected chi connectivity index (χ4v) is 2.00. The number of ether oxygens (including phenoxy) is 1. The quantitative estimate of drug-likeness (QED) is 0.776. The van der Waals surface area contributed by atoms with Crippen molar-refractivity contribution in [2.45, 2.75) is 40.2 Å². The molecule has 0 amide bonds. The Labute approximate surface area is 105 Å². The molecule has 2 nitrogen and oxygen atoms in total. The van der Waals surface area contributed by atoms with Crippen LogP contribution in [-0.4, -0.2) is 13.2 Å². The third kappa shape index (κ3) is 4.39. The summed E-state index contributed by atoms with van der Waals surface area (Å²) in [5.41, 5.74) is 1.32. The topological polar surface area (TPSA) is 21.3 Å². The van der Waals surface area contributed by atoms with E-state index in [9.17, 15) is 0 Å². The zero-order valence-electron chi connectivity index (χ0n) is 11.5. The van der Waals surface area contributed by atoms with Gasteiger partial charge >= 0.3 is 0 Å². The highest BCUT2D eigenvalue weighted by atomic mass is 16.5. The maximum Gasteiger partial charge on any atom is 0.119 e. The van der Waals surface area contributed by atoms with Gasteiger partial charge in [0, 0.05) is 6.04 Å². The molecule has 2 heteroatoms. The van der Waals surface area contributed by atoms with E-state index in [0.717, 1.165) is 25.3 Å². The van der Waals surface area contributed by atoms with Crippen LogP contribution in [0.5, 0.6) is 5.75 Å². The van der Waals surface area contributed by atoms with Crippen molar-refractivity contribution in [2.75, 3.05) is 13.2 Å². The van der Waals surface area contributed by atoms with Crippen LogP contribution in [0.25, 0.3) is 0 Å². The molecule has 0 heterocycles. The Morgan fingerprint density at radius 3 is 2.59 bits per heavy atom. The third-order valence-electron chi connectivity index (χ3n) is 2.81. The molecule has 1 rings (SSSR count). The van der Waals surface area contributed by atoms with Crippen molar-refractivity contribution in [2.24, 2.45) is 5.92 Å². The Balaban J connectivity index is 2.81. The number of benzene rings is 1. The molecule has 1 atom stereocenters. The molecule has 0 aliphatic heterocycles. The van der Waals surface area contributed by atoms with Crippen LogP contribution in [0.4, 0.5) is 0 Å². The average Bonchev–Trinajstić information content (AvgIpc) is 2.30. The normalized spacial score (nSPS) is 12.8. The van der Waals surface area contributed by atoms with E-state index < -0.39 is 0 Å². The van der Waals surface area contributed by atoms with Crippen molar-refractivity contribution in [3.63, 3.8) is 0 Å². The predicted molar refractivity (Wildman–Crippen MR) is 73.5 cm³/mol. The number of hydrogen-bond donors (Lipinski definition) is 1. The van der Waals surface area contributed by atoms with E-state index in [2.05, 4.69) is 44.3 Å². The zero-order chi connectivity index (χ0) is 12.7. The summed E-state index contributed by atoms with van der Waals surface area (Å²) >= 11 is 0. The summed E-state index contributed by atoms with van der Waals surface area (Å²) in [6, 6.07) is 8.83. The highest BCUT2D eigenvalue weighted by molar-refractivity contribution is 5.30. The van der Waals surface area contributed by atoms with Gasteiger partial charge < -0.3 is 10.1 Å². The molecule has 17 heavy (non-hydrogen) atoms. The molecule has 0 bridgehead atoms. The Morgan fingerprint density at radius 2 is 2.00 bits per heavy atom. The van der Waals surface area contributed by atoms with Gasteiger partial charge in [0.2, 0.25) is 0 Å². The summed E-state index contributed by atoms with van der Waals surface area (Å²) in [6.07, 6.45) is 1.16. The first-order valence-electron chi connectivity index (χ1n) is 6.65. The molecule has 0 aliphatic rings. The second kappa shape index (κ2) is 7.33. The summed E-state index contributed by atoms with van der Waals surface area (Å²) < 4.78 is 5.55. The molecular formula is C15H25NO. The maximum atomic E-state index is 5.55. The van der Waals surface area contributed by atoms with Crippen LogP contribution in [0, 0.1) is 5.92 Å². The van der Waals surface area contributed by atoms with Crippen molar-refractivity contribution in [1.82, 2.24) is 5.32 Å². The van der Waals surface area contributed by atoms with Gasteiger partial charge in [0.1, 0.15) is 5.75 Å². The van der Waals surface area contributed by atoms with Gasteiger partial charge in [-0.2, -0.15) is 0 Å². The molecule has 1 unspecified atom stereocenters. The number of rotatable bonds is 7. The minimum atomic E-state index is 0.412. The van der Waals surface area contributed by atoms with E-state index in [4.69, 9.17) is 4.74 Å². The lowest BCUT2D eigenvalue weighted by Crippen LogP contribution is -2.26. The van der Waals surface area contributed by atoms with E-state index in [-0.39, 0.29) is 0 Å². The minimum Gasteiger partial charge on any atom is -0.494 e. The standard InChI is InChI=1S/C15H25NO/c1-5-10-16-15(12(3)4)13-8-7-9-14(11-13)17-6-2/h7-9,11-12,15-16H,5-6,10H2,1-4H3. The van der Waals surface area contributed by atoms with E-state index in [1.165, 1.54) is 5.56 Å². The fourth-order valence-electron chi connectivity index (χ4n) is 2.00. The Hall–Kier alpha value is -1.02. The first-order valence-corrected chi connectivity index (χ1v) is 6.65. The van der Waals surface area contributed by atoms with E-state index in [1.54, 1.807) is 0 Å². The molecule has 0 aromatic heterocycles. The van der Waals surface area contributed by atoms with Crippen LogP contribution < -0.4 is 10.1 Å². The van der Waals surface area contributed by atoms with Crippen LogP contribution in [0.1, 0.15) is 45.7 Å². The second-order valence-electron chi connectivity index (χ2n) is 4.68. The Morgan fingerprint density at radius 1 is 1.24 bits per heavy atom. The van der Waals surface area contributed by atoms with Crippen LogP contribution in [0.3, 0.4) is 0 Å². The smallest absolute Gasteiger partial charge is 0.119 e. The molecule has 1 N–H and O–H groups in total. The Bertz CT molecular complexity index is 322. The largest absolute Gasteiger partial charge is 0.494 e. The highest BCUT2D eigenvalue weighted by Gasteiger charge is 2.15. The summed E-state index contributed by atoms with van der Waals surface area (Å²) in [6.45, 7) is 10.5. The summed E-state index contributed by atoms with van der Waals surface area (Å²) in [5, 5.41) is 3.60. The molecule has 96 valence electrons. The first-order chi connectivity index (χ1) is 8.19. The van der Waals surface area contributed by atoms with Crippen molar-refractivity contribution in [3.8, 4) is 5.75 Å². The first kappa shape index (κ1) is 14.0. The van der Waals surface area contributed by atoms with Gasteiger partial charge in [-0.25, -0.2) is 0 Å². The SMILES string of the molecule is CCCNC(c1cccc(OCC)c1)C(C)C. The van der Waals surface area contributed by atoms with Gasteiger partial charge in [-0.3, -0.25) is 0 Å². The van der Waals surface area contributed by atoms with E-state index >= 15 is 0 Å². The van der Waals surface area contributed by atoms with Gasteiger partial charge in [0.25, 0.3) is 0 Å². The van der Waals surface area contributed by atoms with Crippen molar-refractivity contribution in [3.05, 3.63) is 29.8 Å². The average molecular weight is 235 g/mol. The molecule has 0 spiro atoms. The fraction of sp³-hybridized carbons (Fsp3) is 0.600. The lowest BCUT2D eigenvalue weighted by molar-refractivity contribution is 0.338. The predicted octanol–water partition coefficient (Wildman–Crippen LogP) is 3.78. The summed E-state index contributed by atoms with van der Waals surface area (Å²) in [4.78, 5) is 0. The van der Waals surface area contributed by atoms with E-state index in [0.29, 0.717) is 12.0 Å². The van der Waals surface area contributed by atoms with Crippen LogP contribution in [0.2, 0.25) is 0 Å². The molecule has 0 radical (unpaired) electrons. The van der Waals surface area contributed by atoms with Crippen molar-refractivity contribution in [1.29, 1.82) is 0 Å². The zero-order valence-corrected chi connectivity index (χ0v) is 11.5. The van der Waals surface area contributed by atoms with Gasteiger partial charge in [-0.1, -0.05) is 32.9 Å². The Kier molecular flexibility index (Phi) is 6.06. The lowest BCUT2D eigenvalue weighted by atomic mass is 9.96. The van der Waals surface area contributed by atoms with Crippen LogP contribution in [0.15, 0.2) is 24.3 Å². The van der Waals surface area contributed by atoms with Crippen molar-refractivity contribution < 1.29 is 4.74 Å². The molecule has 0 saturated carbocycles. The monoisotopic (exact) mass is 235 g/mol. The van der Waals surface area contributed by atoms with Gasteiger partial charge in [-0.05, 0) is 43.5 Å². The van der Waals surface area contributed by atoms with Gasteiger partial charge in [-0.15, -0.1) is 0 Å². The molecule has 1 aromatic rings. The third-order valence-corrected chi connectivity index (χ3v) is 2.81. The lowest BCUT2D eigenvalue weighted by Gasteiger charge is -2.23. The van der Waals surface area contributed by atoms with Gasteiger partial charge in [0.15, 0.2) is 0 Å². The van der Waals surface area contributed by atoms with Crippen LogP contribution in [-0.2, 0) is 0 Å². The van der Waals surface area contributed by atoms with Crippen molar-refractivity contribution >= 4 is 0 Å². The number of nitrogens with one attached hydrogen (secondary N) is 1.